The third-order valence-electron chi connectivity index (χ3n) is 2.04. The molecule has 1 heterocycles. The molecule has 1 aromatic rings. The van der Waals surface area contributed by atoms with Gasteiger partial charge in [0.05, 0.1) is 0 Å². The molecule has 0 atom stereocenters. The smallest absolute Gasteiger partial charge is 0.138 e. The molecule has 0 N–H and O–H groups in total. The molecule has 74 valence electrons. The summed E-state index contributed by atoms with van der Waals surface area (Å²) in [6.07, 6.45) is 2.30. The van der Waals surface area contributed by atoms with Gasteiger partial charge in [-0.3, -0.25) is 4.68 Å². The van der Waals surface area contributed by atoms with E-state index in [2.05, 4.69) is 10.1 Å². The van der Waals surface area contributed by atoms with Gasteiger partial charge in [0.2, 0.25) is 0 Å². The molecule has 0 fully saturated rings. The third-order valence-corrected chi connectivity index (χ3v) is 3.33. The van der Waals surface area contributed by atoms with Gasteiger partial charge in [0, 0.05) is 30.6 Å². The highest BCUT2D eigenvalue weighted by Gasteiger charge is 2.24. The number of nitrogens with zero attached hydrogens (tertiary/aromatic N) is 3. The lowest BCUT2D eigenvalue weighted by Crippen LogP contribution is -2.25. The predicted molar refractivity (Wildman–Crippen MR) is 54.3 cm³/mol. The highest BCUT2D eigenvalue weighted by molar-refractivity contribution is 6.21. The number of halogens is 2. The lowest BCUT2D eigenvalue weighted by atomic mass is 9.91. The number of aryl methyl sites for hydroxylation is 1. The molecule has 0 aliphatic heterocycles. The van der Waals surface area contributed by atoms with E-state index >= 15 is 0 Å². The second-order valence-electron chi connectivity index (χ2n) is 3.55. The topological polar surface area (TPSA) is 30.7 Å². The van der Waals surface area contributed by atoms with Gasteiger partial charge in [0.15, 0.2) is 0 Å². The van der Waals surface area contributed by atoms with Crippen molar-refractivity contribution in [1.29, 1.82) is 0 Å². The summed E-state index contributed by atoms with van der Waals surface area (Å²) in [6, 6.07) is 0. The second kappa shape index (κ2) is 4.29. The van der Waals surface area contributed by atoms with Crippen LogP contribution in [0.1, 0.15) is 12.7 Å². The average molecular weight is 222 g/mol. The van der Waals surface area contributed by atoms with Crippen LogP contribution in [0.4, 0.5) is 0 Å². The lowest BCUT2D eigenvalue weighted by molar-refractivity contribution is 0.405. The van der Waals surface area contributed by atoms with Crippen LogP contribution < -0.4 is 0 Å². The van der Waals surface area contributed by atoms with Crippen molar-refractivity contribution >= 4 is 23.2 Å². The summed E-state index contributed by atoms with van der Waals surface area (Å²) in [5.74, 6) is 1.98. The fraction of sp³-hybridized carbons (Fsp3) is 0.750. The Bertz CT molecular complexity index is 268. The minimum atomic E-state index is -0.0933. The zero-order valence-electron chi connectivity index (χ0n) is 7.80. The quantitative estimate of drug-likeness (QED) is 0.727. The van der Waals surface area contributed by atoms with E-state index in [0.29, 0.717) is 11.8 Å². The minimum absolute atomic E-state index is 0.0933. The third kappa shape index (κ3) is 2.58. The van der Waals surface area contributed by atoms with E-state index in [9.17, 15) is 0 Å². The van der Waals surface area contributed by atoms with Crippen LogP contribution in [0.2, 0.25) is 0 Å². The van der Waals surface area contributed by atoms with E-state index in [1.807, 2.05) is 14.0 Å². The van der Waals surface area contributed by atoms with Crippen molar-refractivity contribution in [3.05, 3.63) is 12.2 Å². The molecule has 3 nitrogen and oxygen atoms in total. The van der Waals surface area contributed by atoms with Crippen LogP contribution in [-0.4, -0.2) is 26.5 Å². The largest absolute Gasteiger partial charge is 0.253 e. The van der Waals surface area contributed by atoms with Gasteiger partial charge in [0.25, 0.3) is 0 Å². The monoisotopic (exact) mass is 221 g/mol. The summed E-state index contributed by atoms with van der Waals surface area (Å²) in [5, 5.41) is 3.99. The Balaban J connectivity index is 2.73. The van der Waals surface area contributed by atoms with Crippen molar-refractivity contribution < 1.29 is 0 Å². The van der Waals surface area contributed by atoms with Gasteiger partial charge in [-0.1, -0.05) is 6.92 Å². The Labute approximate surface area is 88.1 Å². The fourth-order valence-electron chi connectivity index (χ4n) is 0.992. The van der Waals surface area contributed by atoms with Crippen molar-refractivity contribution in [1.82, 2.24) is 14.8 Å². The van der Waals surface area contributed by atoms with Gasteiger partial charge in [-0.25, -0.2) is 4.98 Å². The molecule has 0 amide bonds. The van der Waals surface area contributed by atoms with E-state index in [-0.39, 0.29) is 5.41 Å². The summed E-state index contributed by atoms with van der Waals surface area (Å²) < 4.78 is 1.75. The molecule has 0 unspecified atom stereocenters. The highest BCUT2D eigenvalue weighted by Crippen LogP contribution is 2.24. The number of hydrogen-bond acceptors (Lipinski definition) is 2. The molecule has 1 aromatic heterocycles. The van der Waals surface area contributed by atoms with Gasteiger partial charge < -0.3 is 0 Å². The fourth-order valence-corrected chi connectivity index (χ4v) is 1.47. The molecule has 0 bridgehead atoms. The Kier molecular flexibility index (Phi) is 3.56. The van der Waals surface area contributed by atoms with E-state index in [0.717, 1.165) is 12.2 Å². The SMILES string of the molecule is Cn1ncnc1CC(C)(CCl)CCl. The van der Waals surface area contributed by atoms with Crippen LogP contribution in [0.3, 0.4) is 0 Å². The molecular weight excluding hydrogens is 209 g/mol. The molecule has 13 heavy (non-hydrogen) atoms. The van der Waals surface area contributed by atoms with E-state index in [4.69, 9.17) is 23.2 Å². The van der Waals surface area contributed by atoms with Crippen LogP contribution in [-0.2, 0) is 13.5 Å². The van der Waals surface area contributed by atoms with Crippen molar-refractivity contribution in [2.75, 3.05) is 11.8 Å². The normalized spacial score (nSPS) is 12.0. The standard InChI is InChI=1S/C8H13Cl2N3/c1-8(4-9,5-10)3-7-11-6-12-13(7)2/h6H,3-5H2,1-2H3. The predicted octanol–water partition coefficient (Wildman–Crippen LogP) is 1.84. The van der Waals surface area contributed by atoms with Crippen LogP contribution >= 0.6 is 23.2 Å². The maximum absolute atomic E-state index is 5.84. The van der Waals surface area contributed by atoms with Crippen LogP contribution in [0.25, 0.3) is 0 Å². The number of alkyl halides is 2. The van der Waals surface area contributed by atoms with E-state index in [1.165, 1.54) is 6.33 Å². The molecule has 0 aromatic carbocycles. The molecule has 0 aliphatic rings. The van der Waals surface area contributed by atoms with Gasteiger partial charge in [-0.2, -0.15) is 5.10 Å². The van der Waals surface area contributed by atoms with Gasteiger partial charge in [-0.15, -0.1) is 23.2 Å². The van der Waals surface area contributed by atoms with Gasteiger partial charge in [-0.05, 0) is 0 Å². The zero-order valence-corrected chi connectivity index (χ0v) is 9.31. The summed E-state index contributed by atoms with van der Waals surface area (Å²) in [4.78, 5) is 4.13. The van der Waals surface area contributed by atoms with Crippen LogP contribution in [0.5, 0.6) is 0 Å². The Morgan fingerprint density at radius 2 is 2.08 bits per heavy atom. The van der Waals surface area contributed by atoms with Crippen LogP contribution in [0, 0.1) is 5.41 Å². The second-order valence-corrected chi connectivity index (χ2v) is 4.09. The lowest BCUT2D eigenvalue weighted by Gasteiger charge is -2.22. The maximum atomic E-state index is 5.84. The summed E-state index contributed by atoms with van der Waals surface area (Å²) in [6.45, 7) is 2.04. The highest BCUT2D eigenvalue weighted by atomic mass is 35.5. The van der Waals surface area contributed by atoms with Crippen molar-refractivity contribution in [3.63, 3.8) is 0 Å². The molecule has 5 heteroatoms. The summed E-state index contributed by atoms with van der Waals surface area (Å²) in [7, 11) is 1.87. The number of aromatic nitrogens is 3. The first-order valence-electron chi connectivity index (χ1n) is 4.06. The Morgan fingerprint density at radius 1 is 1.46 bits per heavy atom. The first-order chi connectivity index (χ1) is 6.11. The van der Waals surface area contributed by atoms with E-state index in [1.54, 1.807) is 4.68 Å². The number of hydrogen-bond donors (Lipinski definition) is 0. The molecule has 0 radical (unpaired) electrons. The molecule has 0 saturated carbocycles. The molecule has 0 saturated heterocycles. The molecule has 0 spiro atoms. The minimum Gasteiger partial charge on any atom is -0.253 e. The first-order valence-corrected chi connectivity index (χ1v) is 5.13. The van der Waals surface area contributed by atoms with Gasteiger partial charge >= 0.3 is 0 Å². The Morgan fingerprint density at radius 3 is 2.46 bits per heavy atom. The molecule has 0 aliphatic carbocycles. The van der Waals surface area contributed by atoms with Gasteiger partial charge in [0.1, 0.15) is 12.2 Å². The summed E-state index contributed by atoms with van der Waals surface area (Å²) in [5.41, 5.74) is -0.0933. The van der Waals surface area contributed by atoms with Crippen molar-refractivity contribution in [3.8, 4) is 0 Å². The number of rotatable bonds is 4. The van der Waals surface area contributed by atoms with Crippen LogP contribution in [0.15, 0.2) is 6.33 Å². The first kappa shape index (κ1) is 10.8. The van der Waals surface area contributed by atoms with E-state index < -0.39 is 0 Å². The maximum Gasteiger partial charge on any atom is 0.138 e. The molecular formula is C8H13Cl2N3. The Hall–Kier alpha value is -0.280. The average Bonchev–Trinajstić information content (AvgIpc) is 2.52. The van der Waals surface area contributed by atoms with Crippen molar-refractivity contribution in [2.24, 2.45) is 12.5 Å². The van der Waals surface area contributed by atoms with Crippen molar-refractivity contribution in [2.45, 2.75) is 13.3 Å². The summed E-state index contributed by atoms with van der Waals surface area (Å²) >= 11 is 11.7. The molecule has 1 rings (SSSR count). The zero-order chi connectivity index (χ0) is 9.90.